The van der Waals surface area contributed by atoms with Crippen LogP contribution in [0, 0.1) is 11.8 Å². The fourth-order valence-corrected chi connectivity index (χ4v) is 2.63. The molecule has 2 rings (SSSR count). The highest BCUT2D eigenvalue weighted by Gasteiger charge is 2.15. The average Bonchev–Trinajstić information content (AvgIpc) is 2.66. The highest BCUT2D eigenvalue weighted by atomic mass is 16.5. The van der Waals surface area contributed by atoms with E-state index in [9.17, 15) is 14.7 Å². The number of ether oxygens (including phenoxy) is 1. The van der Waals surface area contributed by atoms with Crippen molar-refractivity contribution < 1.29 is 24.5 Å². The van der Waals surface area contributed by atoms with Crippen molar-refractivity contribution >= 4 is 12.1 Å². The zero-order valence-electron chi connectivity index (χ0n) is 17.6. The molecule has 3 unspecified atom stereocenters. The number of nitrogens with zero attached hydrogens (tertiary/aromatic N) is 1. The number of carbonyl (C=O) groups is 2. The van der Waals surface area contributed by atoms with Gasteiger partial charge in [0.25, 0.3) is 0 Å². The van der Waals surface area contributed by atoms with Gasteiger partial charge < -0.3 is 25.2 Å². The van der Waals surface area contributed by atoms with Crippen LogP contribution in [-0.2, 0) is 9.53 Å². The van der Waals surface area contributed by atoms with Crippen LogP contribution in [-0.4, -0.2) is 66.1 Å². The highest BCUT2D eigenvalue weighted by Crippen LogP contribution is 2.16. The summed E-state index contributed by atoms with van der Waals surface area (Å²) in [4.78, 5) is 23.0. The van der Waals surface area contributed by atoms with Crippen LogP contribution in [0.2, 0.25) is 0 Å². The van der Waals surface area contributed by atoms with Gasteiger partial charge in [0.05, 0.1) is 19.1 Å². The fourth-order valence-electron chi connectivity index (χ4n) is 2.63. The molecule has 0 spiro atoms. The van der Waals surface area contributed by atoms with Crippen LogP contribution in [0.1, 0.15) is 46.5 Å². The van der Waals surface area contributed by atoms with E-state index >= 15 is 0 Å². The molecule has 0 aromatic heterocycles. The molecule has 0 bridgehead atoms. The number of hydrogen-bond acceptors (Lipinski definition) is 5. The zero-order chi connectivity index (χ0) is 21.4. The van der Waals surface area contributed by atoms with Crippen molar-refractivity contribution in [1.82, 2.24) is 10.2 Å². The number of hydrogen-bond donors (Lipinski definition) is 3. The molecule has 0 aliphatic carbocycles. The third kappa shape index (κ3) is 14.2. The first-order chi connectivity index (χ1) is 13.3. The summed E-state index contributed by atoms with van der Waals surface area (Å²) in [5.41, 5.74) is 0. The van der Waals surface area contributed by atoms with E-state index in [0.717, 1.165) is 25.9 Å². The van der Waals surface area contributed by atoms with Gasteiger partial charge in [0.2, 0.25) is 0 Å². The lowest BCUT2D eigenvalue weighted by Crippen LogP contribution is -2.45. The largest absolute Gasteiger partial charge is 0.465 e. The lowest BCUT2D eigenvalue weighted by atomic mass is 9.97. The van der Waals surface area contributed by atoms with Crippen LogP contribution in [0.5, 0.6) is 0 Å². The molecule has 2 aliphatic heterocycles. The van der Waals surface area contributed by atoms with Gasteiger partial charge in [-0.25, -0.2) is 4.79 Å². The van der Waals surface area contributed by atoms with Crippen LogP contribution < -0.4 is 5.32 Å². The maximum Gasteiger partial charge on any atom is 0.407 e. The molecule has 0 aromatic rings. The van der Waals surface area contributed by atoms with Crippen molar-refractivity contribution in [2.45, 2.75) is 52.6 Å². The molecule has 2 aliphatic rings. The number of aliphatic hydroxyl groups is 1. The Hall–Kier alpha value is -1.86. The van der Waals surface area contributed by atoms with Crippen molar-refractivity contribution in [3.05, 3.63) is 24.8 Å². The molecule has 7 heteroatoms. The number of nitrogens with one attached hydrogen (secondary N) is 1. The predicted molar refractivity (Wildman–Crippen MR) is 111 cm³/mol. The number of carbonyl (C=O) groups excluding carboxylic acids is 1. The summed E-state index contributed by atoms with van der Waals surface area (Å²) >= 11 is 0. The summed E-state index contributed by atoms with van der Waals surface area (Å²) in [5, 5.41) is 21.1. The molecule has 3 atom stereocenters. The van der Waals surface area contributed by atoms with Gasteiger partial charge in [0.1, 0.15) is 0 Å². The Morgan fingerprint density at radius 1 is 1.32 bits per heavy atom. The number of allylic oxidation sites excluding steroid dienone is 2. The van der Waals surface area contributed by atoms with E-state index in [1.54, 1.807) is 6.08 Å². The normalized spacial score (nSPS) is 27.2. The van der Waals surface area contributed by atoms with Crippen molar-refractivity contribution in [3.8, 4) is 0 Å². The van der Waals surface area contributed by atoms with E-state index in [4.69, 9.17) is 9.84 Å². The van der Waals surface area contributed by atoms with Gasteiger partial charge in [-0.1, -0.05) is 32.1 Å². The van der Waals surface area contributed by atoms with E-state index in [-0.39, 0.29) is 18.3 Å². The van der Waals surface area contributed by atoms with E-state index < -0.39 is 12.2 Å². The Kier molecular flexibility index (Phi) is 15.1. The molecular weight excluding hydrogens is 360 g/mol. The van der Waals surface area contributed by atoms with Crippen molar-refractivity contribution in [1.29, 1.82) is 0 Å². The second-order valence-corrected chi connectivity index (χ2v) is 7.29. The number of piperazine rings is 1. The molecule has 28 heavy (non-hydrogen) atoms. The Labute approximate surface area is 169 Å². The van der Waals surface area contributed by atoms with E-state index in [2.05, 4.69) is 31.0 Å². The summed E-state index contributed by atoms with van der Waals surface area (Å²) in [7, 11) is 0. The summed E-state index contributed by atoms with van der Waals surface area (Å²) < 4.78 is 5.07. The van der Waals surface area contributed by atoms with Gasteiger partial charge in [-0.15, -0.1) is 6.58 Å². The second-order valence-electron chi connectivity index (χ2n) is 7.29. The smallest absolute Gasteiger partial charge is 0.407 e. The summed E-state index contributed by atoms with van der Waals surface area (Å²) in [6, 6.07) is 0. The second kappa shape index (κ2) is 16.1. The predicted octanol–water partition coefficient (Wildman–Crippen LogP) is 3.05. The van der Waals surface area contributed by atoms with Crippen LogP contribution in [0.15, 0.2) is 24.8 Å². The van der Waals surface area contributed by atoms with Crippen LogP contribution >= 0.6 is 0 Å². The van der Waals surface area contributed by atoms with E-state index in [1.807, 2.05) is 13.8 Å². The van der Waals surface area contributed by atoms with Crippen LogP contribution in [0.3, 0.4) is 0 Å². The van der Waals surface area contributed by atoms with Crippen molar-refractivity contribution in [2.24, 2.45) is 11.8 Å². The quantitative estimate of drug-likeness (QED) is 0.428. The van der Waals surface area contributed by atoms with Gasteiger partial charge >= 0.3 is 12.1 Å². The van der Waals surface area contributed by atoms with Gasteiger partial charge in [0, 0.05) is 32.1 Å². The first-order valence-electron chi connectivity index (χ1n) is 10.1. The maximum atomic E-state index is 11.3. The standard InChI is InChI=1S/C13H22O3.C5H10N2O2.C3H6/c1-10-4-3-5-11(2)9-16-13(15)8-12(14)7-6-10;8-5(9)7-3-1-6-2-4-7;1-3-2/h3,5,10-12,14H,4,6-9H2,1-2H3;6H,1-4H2,(H,8,9);3H,1H2,2H3/b5-3+;;. The molecule has 1 amide bonds. The molecule has 162 valence electrons. The van der Waals surface area contributed by atoms with Crippen LogP contribution in [0.4, 0.5) is 4.79 Å². The minimum absolute atomic E-state index is 0.128. The number of aliphatic hydroxyl groups excluding tert-OH is 1. The first-order valence-corrected chi connectivity index (χ1v) is 10.1. The van der Waals surface area contributed by atoms with Gasteiger partial charge in [-0.2, -0.15) is 0 Å². The Bertz CT molecular complexity index is 475. The number of amides is 1. The highest BCUT2D eigenvalue weighted by molar-refractivity contribution is 5.69. The Morgan fingerprint density at radius 3 is 2.46 bits per heavy atom. The lowest BCUT2D eigenvalue weighted by molar-refractivity contribution is -0.146. The summed E-state index contributed by atoms with van der Waals surface area (Å²) in [6.07, 6.45) is 7.44. The monoisotopic (exact) mass is 398 g/mol. The molecule has 0 radical (unpaired) electrons. The molecule has 1 fully saturated rings. The van der Waals surface area contributed by atoms with Crippen molar-refractivity contribution in [3.63, 3.8) is 0 Å². The average molecular weight is 399 g/mol. The zero-order valence-corrected chi connectivity index (χ0v) is 17.6. The molecule has 1 saturated heterocycles. The van der Waals surface area contributed by atoms with Gasteiger partial charge in [-0.05, 0) is 32.1 Å². The SMILES string of the molecule is C=CC.CC1/C=C/CC(C)CCC(O)CC(=O)OC1.O=C(O)N1CCNCC1. The third-order valence-corrected chi connectivity index (χ3v) is 4.29. The minimum atomic E-state index is -0.809. The molecule has 0 saturated carbocycles. The Balaban J connectivity index is 0.000000509. The Morgan fingerprint density at radius 2 is 1.93 bits per heavy atom. The number of carboxylic acid groups (broad SMARTS) is 1. The van der Waals surface area contributed by atoms with Crippen molar-refractivity contribution in [2.75, 3.05) is 32.8 Å². The van der Waals surface area contributed by atoms with Crippen LogP contribution in [0.25, 0.3) is 0 Å². The number of esters is 1. The molecule has 3 N–H and O–H groups in total. The summed E-state index contributed by atoms with van der Waals surface area (Å²) in [5.74, 6) is 0.530. The summed E-state index contributed by atoms with van der Waals surface area (Å²) in [6.45, 7) is 12.7. The number of rotatable bonds is 0. The maximum absolute atomic E-state index is 11.3. The first kappa shape index (κ1) is 26.1. The molecular formula is C21H38N2O5. The van der Waals surface area contributed by atoms with E-state index in [0.29, 0.717) is 32.0 Å². The number of cyclic esters (lactones) is 1. The molecule has 7 nitrogen and oxygen atoms in total. The van der Waals surface area contributed by atoms with Gasteiger partial charge in [-0.3, -0.25) is 4.79 Å². The van der Waals surface area contributed by atoms with E-state index in [1.165, 1.54) is 4.90 Å². The molecule has 0 aromatic carbocycles. The van der Waals surface area contributed by atoms with Gasteiger partial charge in [0.15, 0.2) is 0 Å². The lowest BCUT2D eigenvalue weighted by Gasteiger charge is -2.23. The fraction of sp³-hybridized carbons (Fsp3) is 0.714. The third-order valence-electron chi connectivity index (χ3n) is 4.29. The molecule has 2 heterocycles. The topological polar surface area (TPSA) is 99.1 Å². The minimum Gasteiger partial charge on any atom is -0.465 e.